The molecule has 0 spiro atoms. The van der Waals surface area contributed by atoms with E-state index in [1.165, 1.54) is 17.8 Å². The van der Waals surface area contributed by atoms with Crippen LogP contribution in [-0.2, 0) is 23.0 Å². The molecule has 0 aliphatic heterocycles. The largest absolute Gasteiger partial charge is 0.288 e. The fraction of sp³-hybridized carbons (Fsp3) is 0.278. The highest BCUT2D eigenvalue weighted by Gasteiger charge is 2.08. The molecule has 0 fully saturated rings. The third-order valence-electron chi connectivity index (χ3n) is 4.14. The highest BCUT2D eigenvalue weighted by Crippen LogP contribution is 2.15. The van der Waals surface area contributed by atoms with Crippen molar-refractivity contribution in [3.63, 3.8) is 0 Å². The molecule has 3 rings (SSSR count). The predicted octanol–water partition coefficient (Wildman–Crippen LogP) is 1.78. The van der Waals surface area contributed by atoms with E-state index in [1.54, 1.807) is 16.8 Å². The van der Waals surface area contributed by atoms with E-state index in [2.05, 4.69) is 9.97 Å². The molecule has 0 radical (unpaired) electrons. The van der Waals surface area contributed by atoms with Crippen LogP contribution in [0.2, 0.25) is 0 Å². The molecule has 0 bridgehead atoms. The molecule has 2 aromatic heterocycles. The third-order valence-corrected chi connectivity index (χ3v) is 5.56. The van der Waals surface area contributed by atoms with Gasteiger partial charge in [-0.1, -0.05) is 36.0 Å². The minimum atomic E-state index is -3.43. The van der Waals surface area contributed by atoms with Crippen LogP contribution in [0, 0.1) is 0 Å². The molecule has 27 heavy (non-hydrogen) atoms. The summed E-state index contributed by atoms with van der Waals surface area (Å²) in [5.41, 5.74) is 2.48. The normalized spacial score (nSPS) is 11.8. The Labute approximate surface area is 161 Å². The van der Waals surface area contributed by atoms with Gasteiger partial charge in [-0.3, -0.25) is 9.36 Å². The second-order valence-corrected chi connectivity index (χ2v) is 8.69. The van der Waals surface area contributed by atoms with Crippen LogP contribution < -0.4 is 10.7 Å². The van der Waals surface area contributed by atoms with E-state index in [9.17, 15) is 13.2 Å². The van der Waals surface area contributed by atoms with E-state index in [0.29, 0.717) is 30.2 Å². The monoisotopic (exact) mass is 404 g/mol. The Kier molecular flexibility index (Phi) is 5.93. The van der Waals surface area contributed by atoms with Crippen LogP contribution in [0.25, 0.3) is 11.0 Å². The second-order valence-electron chi connectivity index (χ2n) is 6.18. The maximum Gasteiger partial charge on any atom is 0.252 e. The van der Waals surface area contributed by atoms with Gasteiger partial charge in [-0.2, -0.15) is 0 Å². The smallest absolute Gasteiger partial charge is 0.252 e. The van der Waals surface area contributed by atoms with Crippen LogP contribution in [-0.4, -0.2) is 35.0 Å². The number of benzene rings is 1. The van der Waals surface area contributed by atoms with Gasteiger partial charge in [-0.25, -0.2) is 23.5 Å². The molecule has 3 aromatic rings. The fourth-order valence-electron chi connectivity index (χ4n) is 2.78. The topological polar surface area (TPSA) is 108 Å². The van der Waals surface area contributed by atoms with Gasteiger partial charge in [-0.05, 0) is 36.3 Å². The number of rotatable bonds is 7. The highest BCUT2D eigenvalue weighted by atomic mass is 32.2. The number of sulfonamides is 1. The lowest BCUT2D eigenvalue weighted by atomic mass is 10.1. The molecule has 0 unspecified atom stereocenters. The molecule has 1 aromatic carbocycles. The molecule has 0 saturated carbocycles. The summed E-state index contributed by atoms with van der Waals surface area (Å²) in [5, 5.41) is 6.45. The standard InChI is InChI=1S/C18H20N4O3S2/c1-26-18-20-11-15-8-9-16(23)22(17(15)21-18)12-14-6-4-13(5-7-14)3-2-10-27(19,24)25/h4-9,11H,2-3,10,12H2,1H3,(H2,19,24,25). The van der Waals surface area contributed by atoms with E-state index in [4.69, 9.17) is 5.14 Å². The van der Waals surface area contributed by atoms with Crippen molar-refractivity contribution in [3.8, 4) is 0 Å². The van der Waals surface area contributed by atoms with Crippen LogP contribution in [0.4, 0.5) is 0 Å². The van der Waals surface area contributed by atoms with Gasteiger partial charge in [0.2, 0.25) is 10.0 Å². The van der Waals surface area contributed by atoms with Crippen molar-refractivity contribution < 1.29 is 8.42 Å². The molecule has 0 saturated heterocycles. The number of hydrogen-bond donors (Lipinski definition) is 1. The van der Waals surface area contributed by atoms with Crippen molar-refractivity contribution in [3.05, 3.63) is 64.1 Å². The van der Waals surface area contributed by atoms with E-state index in [-0.39, 0.29) is 11.3 Å². The van der Waals surface area contributed by atoms with Gasteiger partial charge < -0.3 is 0 Å². The van der Waals surface area contributed by atoms with Gasteiger partial charge >= 0.3 is 0 Å². The zero-order chi connectivity index (χ0) is 19.4. The number of aryl methyl sites for hydroxylation is 1. The number of thioether (sulfide) groups is 1. The molecular formula is C18H20N4O3S2. The number of hydrogen-bond acceptors (Lipinski definition) is 6. The molecule has 7 nitrogen and oxygen atoms in total. The minimum absolute atomic E-state index is 0.0301. The Hall–Kier alpha value is -2.23. The first-order valence-electron chi connectivity index (χ1n) is 8.34. The summed E-state index contributed by atoms with van der Waals surface area (Å²) in [6.45, 7) is 0.401. The van der Waals surface area contributed by atoms with Gasteiger partial charge in [0.15, 0.2) is 5.16 Å². The summed E-state index contributed by atoms with van der Waals surface area (Å²) in [7, 11) is -3.43. The van der Waals surface area contributed by atoms with Crippen LogP contribution in [0.1, 0.15) is 17.5 Å². The summed E-state index contributed by atoms with van der Waals surface area (Å²) in [6, 6.07) is 11.0. The molecule has 0 aliphatic rings. The van der Waals surface area contributed by atoms with Crippen molar-refractivity contribution in [2.45, 2.75) is 24.5 Å². The first-order chi connectivity index (χ1) is 12.9. The summed E-state index contributed by atoms with van der Waals surface area (Å²) in [6.07, 6.45) is 4.73. The third kappa shape index (κ3) is 5.15. The van der Waals surface area contributed by atoms with Crippen molar-refractivity contribution in [2.75, 3.05) is 12.0 Å². The highest BCUT2D eigenvalue weighted by molar-refractivity contribution is 7.98. The Morgan fingerprint density at radius 2 is 1.81 bits per heavy atom. The van der Waals surface area contributed by atoms with Crippen molar-refractivity contribution in [2.24, 2.45) is 5.14 Å². The number of pyridine rings is 1. The summed E-state index contributed by atoms with van der Waals surface area (Å²) in [5.74, 6) is -0.0301. The Bertz CT molecular complexity index is 1110. The van der Waals surface area contributed by atoms with Gasteiger partial charge in [0.25, 0.3) is 5.56 Å². The van der Waals surface area contributed by atoms with Crippen LogP contribution in [0.15, 0.2) is 52.5 Å². The Balaban J connectivity index is 1.81. The molecule has 9 heteroatoms. The molecular weight excluding hydrogens is 384 g/mol. The van der Waals surface area contributed by atoms with Crippen LogP contribution >= 0.6 is 11.8 Å². The van der Waals surface area contributed by atoms with E-state index in [1.807, 2.05) is 30.5 Å². The van der Waals surface area contributed by atoms with Crippen LogP contribution in [0.5, 0.6) is 0 Å². The molecule has 142 valence electrons. The van der Waals surface area contributed by atoms with E-state index in [0.717, 1.165) is 16.5 Å². The molecule has 2 N–H and O–H groups in total. The van der Waals surface area contributed by atoms with Crippen molar-refractivity contribution >= 4 is 32.8 Å². The van der Waals surface area contributed by atoms with Gasteiger partial charge in [0.1, 0.15) is 5.65 Å². The maximum atomic E-state index is 12.4. The fourth-order valence-corrected chi connectivity index (χ4v) is 3.66. The van der Waals surface area contributed by atoms with Crippen molar-refractivity contribution in [1.29, 1.82) is 0 Å². The zero-order valence-corrected chi connectivity index (χ0v) is 16.5. The number of nitrogens with zero attached hydrogens (tertiary/aromatic N) is 3. The molecule has 0 amide bonds. The summed E-state index contributed by atoms with van der Waals surface area (Å²) in [4.78, 5) is 21.1. The molecule has 0 atom stereocenters. The van der Waals surface area contributed by atoms with Gasteiger partial charge in [0, 0.05) is 17.6 Å². The minimum Gasteiger partial charge on any atom is -0.288 e. The van der Waals surface area contributed by atoms with Gasteiger partial charge in [0.05, 0.1) is 12.3 Å². The number of aromatic nitrogens is 3. The second kappa shape index (κ2) is 8.20. The number of nitrogens with two attached hydrogens (primary N) is 1. The van der Waals surface area contributed by atoms with E-state index < -0.39 is 10.0 Å². The Morgan fingerprint density at radius 1 is 1.11 bits per heavy atom. The lowest BCUT2D eigenvalue weighted by Gasteiger charge is -2.10. The van der Waals surface area contributed by atoms with Crippen molar-refractivity contribution in [1.82, 2.24) is 14.5 Å². The average molecular weight is 405 g/mol. The van der Waals surface area contributed by atoms with Gasteiger partial charge in [-0.15, -0.1) is 0 Å². The molecule has 2 heterocycles. The predicted molar refractivity (Wildman–Crippen MR) is 107 cm³/mol. The maximum absolute atomic E-state index is 12.4. The average Bonchev–Trinajstić information content (AvgIpc) is 2.64. The first kappa shape index (κ1) is 19.5. The zero-order valence-electron chi connectivity index (χ0n) is 14.8. The number of primary sulfonamides is 1. The SMILES string of the molecule is CSc1ncc2ccc(=O)n(Cc3ccc(CCCS(N)(=O)=O)cc3)c2n1. The lowest BCUT2D eigenvalue weighted by molar-refractivity contribution is 0.595. The summed E-state index contributed by atoms with van der Waals surface area (Å²) < 4.78 is 23.6. The lowest BCUT2D eigenvalue weighted by Crippen LogP contribution is -2.21. The van der Waals surface area contributed by atoms with Crippen LogP contribution in [0.3, 0.4) is 0 Å². The first-order valence-corrected chi connectivity index (χ1v) is 11.3. The quantitative estimate of drug-likeness (QED) is 0.475. The molecule has 0 aliphatic carbocycles. The number of fused-ring (bicyclic) bond motifs is 1. The van der Waals surface area contributed by atoms with E-state index >= 15 is 0 Å². The summed E-state index contributed by atoms with van der Waals surface area (Å²) >= 11 is 1.43. The Morgan fingerprint density at radius 3 is 2.48 bits per heavy atom.